The van der Waals surface area contributed by atoms with E-state index in [0.717, 1.165) is 5.56 Å². The minimum Gasteiger partial charge on any atom is -0.457 e. The molecule has 2 rings (SSSR count). The van der Waals surface area contributed by atoms with Crippen molar-refractivity contribution in [2.24, 2.45) is 5.73 Å². The Balaban J connectivity index is 2.40. The van der Waals surface area contributed by atoms with Crippen LogP contribution in [0.2, 0.25) is 5.02 Å². The molecule has 1 atom stereocenters. The molecule has 4 heteroatoms. The third kappa shape index (κ3) is 1.61. The highest BCUT2D eigenvalue weighted by molar-refractivity contribution is 6.30. The zero-order valence-electron chi connectivity index (χ0n) is 7.50. The number of esters is 1. The molecule has 0 aliphatic carbocycles. The van der Waals surface area contributed by atoms with E-state index in [1.54, 1.807) is 18.2 Å². The Kier molecular flexibility index (Phi) is 2.44. The lowest BCUT2D eigenvalue weighted by Crippen LogP contribution is -2.33. The molecule has 0 radical (unpaired) electrons. The summed E-state index contributed by atoms with van der Waals surface area (Å²) in [4.78, 5) is 11.4. The van der Waals surface area contributed by atoms with Crippen molar-refractivity contribution < 1.29 is 9.53 Å². The summed E-state index contributed by atoms with van der Waals surface area (Å²) in [5.74, 6) is -0.307. The number of hydrogen-bond donors (Lipinski definition) is 1. The third-order valence-electron chi connectivity index (χ3n) is 2.27. The molecule has 1 unspecified atom stereocenters. The number of rotatable bonds is 1. The molecule has 0 fully saturated rings. The molecule has 1 aliphatic heterocycles. The van der Waals surface area contributed by atoms with Crippen molar-refractivity contribution in [1.29, 1.82) is 0 Å². The smallest absolute Gasteiger partial charge is 0.338 e. The Bertz CT molecular complexity index is 378. The largest absolute Gasteiger partial charge is 0.457 e. The highest BCUT2D eigenvalue weighted by Crippen LogP contribution is 2.23. The number of carbonyl (C=O) groups is 1. The lowest BCUT2D eigenvalue weighted by molar-refractivity contribution is 0.0279. The van der Waals surface area contributed by atoms with Crippen LogP contribution in [0.4, 0.5) is 0 Å². The van der Waals surface area contributed by atoms with Crippen molar-refractivity contribution in [2.45, 2.75) is 12.5 Å². The van der Waals surface area contributed by atoms with Gasteiger partial charge in [0.1, 0.15) is 6.10 Å². The van der Waals surface area contributed by atoms with Crippen LogP contribution in [0, 0.1) is 0 Å². The number of halogens is 1. The summed E-state index contributed by atoms with van der Waals surface area (Å²) in [6.07, 6.45) is 0.437. The van der Waals surface area contributed by atoms with Gasteiger partial charge in [0, 0.05) is 18.0 Å². The standard InChI is InChI=1S/C10H10ClNO2/c11-7-1-2-9-6(3-7)4-8(5-12)14-10(9)13/h1-3,8H,4-5,12H2. The summed E-state index contributed by atoms with van der Waals surface area (Å²) in [5.41, 5.74) is 6.97. The van der Waals surface area contributed by atoms with E-state index in [4.69, 9.17) is 22.1 Å². The van der Waals surface area contributed by atoms with Crippen LogP contribution >= 0.6 is 11.6 Å². The van der Waals surface area contributed by atoms with Gasteiger partial charge in [-0.25, -0.2) is 4.79 Å². The van der Waals surface area contributed by atoms with Crippen molar-refractivity contribution in [1.82, 2.24) is 0 Å². The molecule has 0 bridgehead atoms. The predicted molar refractivity (Wildman–Crippen MR) is 53.4 cm³/mol. The maximum atomic E-state index is 11.4. The van der Waals surface area contributed by atoms with Crippen molar-refractivity contribution in [2.75, 3.05) is 6.54 Å². The first-order valence-electron chi connectivity index (χ1n) is 4.40. The first-order valence-corrected chi connectivity index (χ1v) is 4.78. The van der Waals surface area contributed by atoms with E-state index in [0.29, 0.717) is 23.6 Å². The molecule has 0 saturated heterocycles. The van der Waals surface area contributed by atoms with Gasteiger partial charge < -0.3 is 10.5 Å². The second-order valence-corrected chi connectivity index (χ2v) is 3.71. The zero-order valence-corrected chi connectivity index (χ0v) is 8.25. The molecular weight excluding hydrogens is 202 g/mol. The fraction of sp³-hybridized carbons (Fsp3) is 0.300. The molecule has 1 heterocycles. The molecule has 74 valence electrons. The van der Waals surface area contributed by atoms with E-state index >= 15 is 0 Å². The van der Waals surface area contributed by atoms with Gasteiger partial charge in [0.05, 0.1) is 5.56 Å². The van der Waals surface area contributed by atoms with E-state index in [-0.39, 0.29) is 12.1 Å². The summed E-state index contributed by atoms with van der Waals surface area (Å²) in [5, 5.41) is 0.634. The zero-order chi connectivity index (χ0) is 10.1. The van der Waals surface area contributed by atoms with Crippen molar-refractivity contribution in [3.8, 4) is 0 Å². The molecule has 14 heavy (non-hydrogen) atoms. The number of fused-ring (bicyclic) bond motifs is 1. The van der Waals surface area contributed by atoms with Crippen LogP contribution in [-0.4, -0.2) is 18.6 Å². The predicted octanol–water partition coefficient (Wildman–Crippen LogP) is 1.38. The van der Waals surface area contributed by atoms with Crippen molar-refractivity contribution in [3.05, 3.63) is 34.3 Å². The molecule has 0 amide bonds. The average Bonchev–Trinajstić information content (AvgIpc) is 2.16. The maximum absolute atomic E-state index is 11.4. The topological polar surface area (TPSA) is 52.3 Å². The first kappa shape index (κ1) is 9.49. The molecule has 0 aromatic heterocycles. The van der Waals surface area contributed by atoms with Crippen LogP contribution in [0.25, 0.3) is 0 Å². The fourth-order valence-corrected chi connectivity index (χ4v) is 1.76. The number of nitrogens with two attached hydrogens (primary N) is 1. The van der Waals surface area contributed by atoms with Gasteiger partial charge in [0.2, 0.25) is 0 Å². The summed E-state index contributed by atoms with van der Waals surface area (Å²) in [7, 11) is 0. The Morgan fingerprint density at radius 1 is 1.57 bits per heavy atom. The Morgan fingerprint density at radius 3 is 3.07 bits per heavy atom. The van der Waals surface area contributed by atoms with Gasteiger partial charge in [-0.15, -0.1) is 0 Å². The minimum atomic E-state index is -0.307. The Hall–Kier alpha value is -1.06. The van der Waals surface area contributed by atoms with Crippen molar-refractivity contribution in [3.63, 3.8) is 0 Å². The van der Waals surface area contributed by atoms with Gasteiger partial charge >= 0.3 is 5.97 Å². The second kappa shape index (κ2) is 3.59. The average molecular weight is 212 g/mol. The quantitative estimate of drug-likeness (QED) is 0.714. The van der Waals surface area contributed by atoms with E-state index in [9.17, 15) is 4.79 Å². The fourth-order valence-electron chi connectivity index (χ4n) is 1.56. The Labute approximate surface area is 86.8 Å². The molecule has 3 nitrogen and oxygen atoms in total. The van der Waals surface area contributed by atoms with Crippen molar-refractivity contribution >= 4 is 17.6 Å². The van der Waals surface area contributed by atoms with Crippen LogP contribution in [0.5, 0.6) is 0 Å². The summed E-state index contributed by atoms with van der Waals surface area (Å²) < 4.78 is 5.09. The second-order valence-electron chi connectivity index (χ2n) is 3.27. The monoisotopic (exact) mass is 211 g/mol. The van der Waals surface area contributed by atoms with E-state index in [1.807, 2.05) is 0 Å². The minimum absolute atomic E-state index is 0.214. The number of hydrogen-bond acceptors (Lipinski definition) is 3. The molecule has 1 aromatic carbocycles. The van der Waals surface area contributed by atoms with Gasteiger partial charge in [-0.2, -0.15) is 0 Å². The molecule has 2 N–H and O–H groups in total. The lowest BCUT2D eigenvalue weighted by Gasteiger charge is -2.23. The molecule has 1 aromatic rings. The molecule has 0 spiro atoms. The van der Waals surface area contributed by atoms with Crippen LogP contribution < -0.4 is 5.73 Å². The number of carbonyl (C=O) groups excluding carboxylic acids is 1. The van der Waals surface area contributed by atoms with Gasteiger partial charge in [-0.05, 0) is 23.8 Å². The summed E-state index contributed by atoms with van der Waals surface area (Å²) >= 11 is 5.83. The van der Waals surface area contributed by atoms with Crippen LogP contribution in [0.3, 0.4) is 0 Å². The number of benzene rings is 1. The van der Waals surface area contributed by atoms with Gasteiger partial charge in [0.25, 0.3) is 0 Å². The maximum Gasteiger partial charge on any atom is 0.338 e. The Morgan fingerprint density at radius 2 is 2.36 bits per heavy atom. The van der Waals surface area contributed by atoms with Gasteiger partial charge in [-0.1, -0.05) is 11.6 Å². The van der Waals surface area contributed by atoms with Gasteiger partial charge in [-0.3, -0.25) is 0 Å². The van der Waals surface area contributed by atoms with E-state index < -0.39 is 0 Å². The first-order chi connectivity index (χ1) is 6.70. The number of cyclic esters (lactones) is 1. The third-order valence-corrected chi connectivity index (χ3v) is 2.51. The summed E-state index contributed by atoms with van der Waals surface area (Å²) in [6, 6.07) is 5.16. The highest BCUT2D eigenvalue weighted by Gasteiger charge is 2.25. The number of ether oxygens (including phenoxy) is 1. The van der Waals surface area contributed by atoms with E-state index in [2.05, 4.69) is 0 Å². The SMILES string of the molecule is NCC1Cc2cc(Cl)ccc2C(=O)O1. The molecule has 1 aliphatic rings. The normalized spacial score (nSPS) is 20.1. The van der Waals surface area contributed by atoms with Gasteiger partial charge in [0.15, 0.2) is 0 Å². The van der Waals surface area contributed by atoms with E-state index in [1.165, 1.54) is 0 Å². The lowest BCUT2D eigenvalue weighted by atomic mass is 9.99. The van der Waals surface area contributed by atoms with Crippen LogP contribution in [0.1, 0.15) is 15.9 Å². The summed E-state index contributed by atoms with van der Waals surface area (Å²) in [6.45, 7) is 0.345. The molecule has 0 saturated carbocycles. The van der Waals surface area contributed by atoms with Crippen LogP contribution in [0.15, 0.2) is 18.2 Å². The molecular formula is C10H10ClNO2. The van der Waals surface area contributed by atoms with Crippen LogP contribution in [-0.2, 0) is 11.2 Å². The highest BCUT2D eigenvalue weighted by atomic mass is 35.5.